The maximum atomic E-state index is 13.2. The van der Waals surface area contributed by atoms with Gasteiger partial charge in [-0.25, -0.2) is 0 Å². The van der Waals surface area contributed by atoms with Gasteiger partial charge >= 0.3 is 0 Å². The number of aromatic nitrogens is 1. The van der Waals surface area contributed by atoms with Gasteiger partial charge in [-0.3, -0.25) is 9.78 Å². The van der Waals surface area contributed by atoms with Crippen LogP contribution in [0.2, 0.25) is 0 Å². The monoisotopic (exact) mass is 495 g/mol. The summed E-state index contributed by atoms with van der Waals surface area (Å²) in [4.78, 5) is 19.8. The maximum Gasteiger partial charge on any atom is 0.251 e. The number of thioether (sulfide) groups is 1. The minimum atomic E-state index is -0.0192. The molecule has 4 rings (SSSR count). The highest BCUT2D eigenvalue weighted by atomic mass is 32.2. The van der Waals surface area contributed by atoms with E-state index in [0.29, 0.717) is 18.7 Å². The van der Waals surface area contributed by atoms with Crippen LogP contribution in [0.3, 0.4) is 0 Å². The predicted octanol–water partition coefficient (Wildman–Crippen LogP) is 6.75. The number of benzene rings is 3. The normalized spacial score (nSPS) is 10.7. The Bertz CT molecular complexity index is 1260. The van der Waals surface area contributed by atoms with Crippen molar-refractivity contribution in [3.05, 3.63) is 120 Å². The lowest BCUT2D eigenvalue weighted by Gasteiger charge is -2.25. The molecule has 184 valence electrons. The average Bonchev–Trinajstić information content (AvgIpc) is 2.92. The molecule has 0 bridgehead atoms. The first kappa shape index (κ1) is 25.5. The molecule has 0 atom stereocenters. The second-order valence-electron chi connectivity index (χ2n) is 8.85. The maximum absolute atomic E-state index is 13.2. The van der Waals surface area contributed by atoms with E-state index in [-0.39, 0.29) is 5.91 Å². The van der Waals surface area contributed by atoms with Gasteiger partial charge in [0.2, 0.25) is 0 Å². The van der Waals surface area contributed by atoms with Crippen molar-refractivity contribution in [3.8, 4) is 11.1 Å². The van der Waals surface area contributed by atoms with Gasteiger partial charge < -0.3 is 10.2 Å². The number of pyridine rings is 1. The summed E-state index contributed by atoms with van der Waals surface area (Å²) < 4.78 is 0. The summed E-state index contributed by atoms with van der Waals surface area (Å²) in [5.41, 5.74) is 7.37. The summed E-state index contributed by atoms with van der Waals surface area (Å²) in [6.45, 7) is 4.25. The van der Waals surface area contributed by atoms with Crippen molar-refractivity contribution >= 4 is 23.4 Å². The van der Waals surface area contributed by atoms with Crippen molar-refractivity contribution in [2.45, 2.75) is 26.4 Å². The molecule has 0 fully saturated rings. The number of nitrogens with zero attached hydrogens (tertiary/aromatic N) is 2. The number of hydrogen-bond acceptors (Lipinski definition) is 4. The standard InChI is InChI=1S/C31H33N3OS/c1-24-10-6-7-14-28(24)30-20-26(15-16-29(30)31(35)33-18-9-19-36-2)23-34(27-13-8-17-32-21-27)22-25-11-4-3-5-12-25/h3-8,10-17,20-21H,9,18-19,22-23H2,1-2H3,(H,33,35). The van der Waals surface area contributed by atoms with Crippen LogP contribution < -0.4 is 10.2 Å². The number of anilines is 1. The highest BCUT2D eigenvalue weighted by Crippen LogP contribution is 2.29. The van der Waals surface area contributed by atoms with E-state index in [4.69, 9.17) is 0 Å². The van der Waals surface area contributed by atoms with Crippen LogP contribution in [-0.2, 0) is 13.1 Å². The quantitative estimate of drug-likeness (QED) is 0.234. The Morgan fingerprint density at radius 2 is 1.67 bits per heavy atom. The first-order valence-electron chi connectivity index (χ1n) is 12.3. The van der Waals surface area contributed by atoms with E-state index >= 15 is 0 Å². The van der Waals surface area contributed by atoms with Gasteiger partial charge in [0.1, 0.15) is 0 Å². The molecule has 1 N–H and O–H groups in total. The van der Waals surface area contributed by atoms with Gasteiger partial charge in [-0.1, -0.05) is 60.7 Å². The molecular formula is C31H33N3OS. The highest BCUT2D eigenvalue weighted by molar-refractivity contribution is 7.98. The summed E-state index contributed by atoms with van der Waals surface area (Å²) in [5.74, 6) is 1.02. The van der Waals surface area contributed by atoms with E-state index in [1.807, 2.05) is 36.5 Å². The molecule has 3 aromatic carbocycles. The zero-order valence-corrected chi connectivity index (χ0v) is 21.8. The smallest absolute Gasteiger partial charge is 0.251 e. The Morgan fingerprint density at radius 3 is 2.42 bits per heavy atom. The van der Waals surface area contributed by atoms with Crippen LogP contribution >= 0.6 is 11.8 Å². The van der Waals surface area contributed by atoms with Crippen molar-refractivity contribution in [3.63, 3.8) is 0 Å². The Hall–Kier alpha value is -3.57. The van der Waals surface area contributed by atoms with Crippen molar-refractivity contribution in [1.29, 1.82) is 0 Å². The molecule has 4 nitrogen and oxygen atoms in total. The minimum absolute atomic E-state index is 0.0192. The van der Waals surface area contributed by atoms with E-state index in [2.05, 4.69) is 83.0 Å². The zero-order valence-electron chi connectivity index (χ0n) is 21.0. The second kappa shape index (κ2) is 12.9. The van der Waals surface area contributed by atoms with E-state index in [0.717, 1.165) is 46.7 Å². The van der Waals surface area contributed by atoms with Gasteiger partial charge in [-0.2, -0.15) is 11.8 Å². The van der Waals surface area contributed by atoms with Gasteiger partial charge in [-0.15, -0.1) is 0 Å². The van der Waals surface area contributed by atoms with Gasteiger partial charge in [0.25, 0.3) is 5.91 Å². The van der Waals surface area contributed by atoms with Crippen molar-refractivity contribution < 1.29 is 4.79 Å². The molecule has 5 heteroatoms. The van der Waals surface area contributed by atoms with E-state index in [1.165, 1.54) is 5.56 Å². The number of aryl methyl sites for hydroxylation is 1. The van der Waals surface area contributed by atoms with Gasteiger partial charge in [0, 0.05) is 31.4 Å². The molecular weight excluding hydrogens is 462 g/mol. The van der Waals surface area contributed by atoms with E-state index in [1.54, 1.807) is 18.0 Å². The third-order valence-corrected chi connectivity index (χ3v) is 6.87. The lowest BCUT2D eigenvalue weighted by molar-refractivity contribution is 0.0954. The molecule has 0 unspecified atom stereocenters. The summed E-state index contributed by atoms with van der Waals surface area (Å²) in [6.07, 6.45) is 6.75. The summed E-state index contributed by atoms with van der Waals surface area (Å²) in [7, 11) is 0. The molecule has 1 heterocycles. The Balaban J connectivity index is 1.67. The number of rotatable bonds is 11. The lowest BCUT2D eigenvalue weighted by Crippen LogP contribution is -2.26. The molecule has 0 radical (unpaired) electrons. The fourth-order valence-electron chi connectivity index (χ4n) is 4.30. The summed E-state index contributed by atoms with van der Waals surface area (Å²) in [5, 5.41) is 3.11. The van der Waals surface area contributed by atoms with Crippen molar-refractivity contribution in [2.75, 3.05) is 23.5 Å². The van der Waals surface area contributed by atoms with Crippen LogP contribution in [0.5, 0.6) is 0 Å². The Morgan fingerprint density at radius 1 is 0.889 bits per heavy atom. The third kappa shape index (κ3) is 6.76. The summed E-state index contributed by atoms with van der Waals surface area (Å²) >= 11 is 1.80. The number of carbonyl (C=O) groups is 1. The van der Waals surface area contributed by atoms with Crippen LogP contribution in [0.25, 0.3) is 11.1 Å². The molecule has 0 spiro atoms. The fraction of sp³-hybridized carbons (Fsp3) is 0.226. The lowest BCUT2D eigenvalue weighted by atomic mass is 9.93. The molecule has 0 aliphatic rings. The topological polar surface area (TPSA) is 45.2 Å². The van der Waals surface area contributed by atoms with Crippen LogP contribution in [0.15, 0.2) is 97.3 Å². The van der Waals surface area contributed by atoms with Crippen LogP contribution in [0, 0.1) is 6.92 Å². The zero-order chi connectivity index (χ0) is 25.2. The number of carbonyl (C=O) groups excluding carboxylic acids is 1. The van der Waals surface area contributed by atoms with Gasteiger partial charge in [0.05, 0.1) is 11.9 Å². The predicted molar refractivity (Wildman–Crippen MR) is 153 cm³/mol. The molecule has 1 amide bonds. The fourth-order valence-corrected chi connectivity index (χ4v) is 4.74. The molecule has 0 saturated heterocycles. The highest BCUT2D eigenvalue weighted by Gasteiger charge is 2.16. The Labute approximate surface area is 218 Å². The molecule has 4 aromatic rings. The molecule has 1 aromatic heterocycles. The number of nitrogens with one attached hydrogen (secondary N) is 1. The third-order valence-electron chi connectivity index (χ3n) is 6.18. The SMILES string of the molecule is CSCCCNC(=O)c1ccc(CN(Cc2ccccc2)c2cccnc2)cc1-c1ccccc1C. The van der Waals surface area contributed by atoms with Gasteiger partial charge in [0.15, 0.2) is 0 Å². The van der Waals surface area contributed by atoms with Crippen LogP contribution in [0.1, 0.15) is 33.5 Å². The van der Waals surface area contributed by atoms with E-state index in [9.17, 15) is 4.79 Å². The average molecular weight is 496 g/mol. The van der Waals surface area contributed by atoms with Crippen LogP contribution in [0.4, 0.5) is 5.69 Å². The first-order valence-corrected chi connectivity index (χ1v) is 13.7. The molecule has 0 aliphatic heterocycles. The van der Waals surface area contributed by atoms with Crippen molar-refractivity contribution in [2.24, 2.45) is 0 Å². The van der Waals surface area contributed by atoms with Crippen molar-refractivity contribution in [1.82, 2.24) is 10.3 Å². The molecule has 0 saturated carbocycles. The molecule has 0 aliphatic carbocycles. The summed E-state index contributed by atoms with van der Waals surface area (Å²) in [6, 6.07) is 29.0. The largest absolute Gasteiger partial charge is 0.362 e. The van der Waals surface area contributed by atoms with Crippen LogP contribution in [-0.4, -0.2) is 29.4 Å². The Kier molecular flexibility index (Phi) is 9.17. The first-order chi connectivity index (χ1) is 17.7. The van der Waals surface area contributed by atoms with E-state index < -0.39 is 0 Å². The molecule has 36 heavy (non-hydrogen) atoms. The van der Waals surface area contributed by atoms with Gasteiger partial charge in [-0.05, 0) is 77.4 Å². The second-order valence-corrected chi connectivity index (χ2v) is 9.84. The number of hydrogen-bond donors (Lipinski definition) is 1. The number of amides is 1. The minimum Gasteiger partial charge on any atom is -0.362 e.